The van der Waals surface area contributed by atoms with Crippen LogP contribution in [0.2, 0.25) is 19.6 Å². The zero-order chi connectivity index (χ0) is 21.4. The summed E-state index contributed by atoms with van der Waals surface area (Å²) in [6, 6.07) is 8.89. The largest absolute Gasteiger partial charge is 0.409 e. The monoisotopic (exact) mass is 412 g/mol. The van der Waals surface area contributed by atoms with Gasteiger partial charge in [-0.2, -0.15) is 0 Å². The molecule has 2 aliphatic rings. The summed E-state index contributed by atoms with van der Waals surface area (Å²) in [4.78, 5) is 12.4. The Hall–Kier alpha value is -1.19. The van der Waals surface area contributed by atoms with Crippen molar-refractivity contribution in [1.29, 1.82) is 0 Å². The van der Waals surface area contributed by atoms with Gasteiger partial charge >= 0.3 is 0 Å². The van der Waals surface area contributed by atoms with Gasteiger partial charge in [0.25, 0.3) is 0 Å². The molecule has 1 aromatic carbocycles. The van der Waals surface area contributed by atoms with Gasteiger partial charge in [-0.1, -0.05) is 42.8 Å². The molecule has 160 valence electrons. The maximum absolute atomic E-state index is 12.4. The third-order valence-corrected chi connectivity index (χ3v) is 8.38. The van der Waals surface area contributed by atoms with E-state index in [2.05, 4.69) is 77.7 Å². The van der Waals surface area contributed by atoms with Gasteiger partial charge in [-0.15, -0.1) is 0 Å². The van der Waals surface area contributed by atoms with Gasteiger partial charge in [0.15, 0.2) is 8.32 Å². The van der Waals surface area contributed by atoms with Crippen LogP contribution in [0, 0.1) is 17.3 Å². The van der Waals surface area contributed by atoms with Crippen molar-refractivity contribution >= 4 is 14.1 Å². The van der Waals surface area contributed by atoms with Crippen molar-refractivity contribution in [2.45, 2.75) is 91.5 Å². The second-order valence-electron chi connectivity index (χ2n) is 11.1. The molecule has 2 aliphatic carbocycles. The van der Waals surface area contributed by atoms with Gasteiger partial charge < -0.3 is 4.43 Å². The predicted octanol–water partition coefficient (Wildman–Crippen LogP) is 7.05. The lowest BCUT2D eigenvalue weighted by Gasteiger charge is -2.40. The summed E-state index contributed by atoms with van der Waals surface area (Å²) in [5.74, 6) is 1.38. The molecule has 0 aromatic heterocycles. The van der Waals surface area contributed by atoms with E-state index in [1.54, 1.807) is 0 Å². The number of Topliss-reactive ketones (excluding diaryl/α,β-unsaturated/α-hetero) is 1. The molecule has 0 amide bonds. The fourth-order valence-electron chi connectivity index (χ4n) is 6.00. The van der Waals surface area contributed by atoms with Crippen LogP contribution in [0.5, 0.6) is 0 Å². The number of rotatable bonds is 6. The molecule has 0 radical (unpaired) electrons. The zero-order valence-corrected chi connectivity index (χ0v) is 20.6. The van der Waals surface area contributed by atoms with E-state index in [9.17, 15) is 4.79 Å². The Bertz CT molecular complexity index is 786. The van der Waals surface area contributed by atoms with Crippen LogP contribution in [0.4, 0.5) is 0 Å². The minimum absolute atomic E-state index is 0.185. The SMILES string of the molecule is C/C(=C/Cc1cccc(C(C)(C)O[Si](C)(C)C)c1)C1CCC2C(=O)CCC[C@@]21C. The molecular weight excluding hydrogens is 372 g/mol. The molecule has 0 saturated heterocycles. The summed E-state index contributed by atoms with van der Waals surface area (Å²) in [6.07, 6.45) is 8.71. The van der Waals surface area contributed by atoms with E-state index < -0.39 is 8.32 Å². The molecule has 2 unspecified atom stereocenters. The van der Waals surface area contributed by atoms with Crippen molar-refractivity contribution in [3.8, 4) is 0 Å². The van der Waals surface area contributed by atoms with Gasteiger partial charge in [0.1, 0.15) is 5.78 Å². The summed E-state index contributed by atoms with van der Waals surface area (Å²) in [7, 11) is -1.62. The highest BCUT2D eigenvalue weighted by molar-refractivity contribution is 6.69. The van der Waals surface area contributed by atoms with E-state index in [1.807, 2.05) is 0 Å². The van der Waals surface area contributed by atoms with Crippen molar-refractivity contribution in [1.82, 2.24) is 0 Å². The number of benzene rings is 1. The molecule has 0 N–H and O–H groups in total. The predicted molar refractivity (Wildman–Crippen MR) is 125 cm³/mol. The second kappa shape index (κ2) is 8.15. The number of ketones is 1. The lowest BCUT2D eigenvalue weighted by Crippen LogP contribution is -2.37. The second-order valence-corrected chi connectivity index (χ2v) is 15.5. The molecule has 0 aliphatic heterocycles. The van der Waals surface area contributed by atoms with Crippen LogP contribution in [0.25, 0.3) is 0 Å². The summed E-state index contributed by atoms with van der Waals surface area (Å²) < 4.78 is 6.45. The van der Waals surface area contributed by atoms with Crippen LogP contribution in [-0.2, 0) is 21.2 Å². The van der Waals surface area contributed by atoms with Crippen LogP contribution in [0.3, 0.4) is 0 Å². The molecule has 3 heteroatoms. The van der Waals surface area contributed by atoms with Crippen molar-refractivity contribution in [3.63, 3.8) is 0 Å². The van der Waals surface area contributed by atoms with Gasteiger partial charge in [-0.25, -0.2) is 0 Å². The first-order valence-electron chi connectivity index (χ1n) is 11.4. The molecule has 3 rings (SSSR count). The molecule has 0 bridgehead atoms. The van der Waals surface area contributed by atoms with Crippen molar-refractivity contribution in [2.75, 3.05) is 0 Å². The smallest absolute Gasteiger partial charge is 0.184 e. The molecule has 0 heterocycles. The number of hydrogen-bond donors (Lipinski definition) is 0. The standard InChI is InChI=1S/C26H40O2Si/c1-19(22-15-16-23-24(27)12-9-17-26(22,23)4)13-14-20-10-8-11-21(18-20)25(2,3)28-29(5,6)7/h8,10-11,13,18,22-23H,9,12,14-17H2,1-7H3/b19-13-/t22?,23?,26-/m1/s1. The number of hydrogen-bond acceptors (Lipinski definition) is 2. The molecular formula is C26H40O2Si. The van der Waals surface area contributed by atoms with Crippen molar-refractivity contribution in [2.24, 2.45) is 17.3 Å². The Labute approximate surface area is 179 Å². The van der Waals surface area contributed by atoms with Crippen LogP contribution in [0.1, 0.15) is 70.9 Å². The molecule has 0 spiro atoms. The summed E-state index contributed by atoms with van der Waals surface area (Å²) in [6.45, 7) is 15.8. The summed E-state index contributed by atoms with van der Waals surface area (Å²) in [5, 5.41) is 0. The topological polar surface area (TPSA) is 26.3 Å². The first-order valence-corrected chi connectivity index (χ1v) is 14.8. The summed E-state index contributed by atoms with van der Waals surface area (Å²) in [5.41, 5.74) is 4.01. The zero-order valence-electron chi connectivity index (χ0n) is 19.6. The highest BCUT2D eigenvalue weighted by atomic mass is 28.4. The van der Waals surface area contributed by atoms with Crippen LogP contribution >= 0.6 is 0 Å². The molecule has 2 saturated carbocycles. The Morgan fingerprint density at radius 3 is 2.69 bits per heavy atom. The van der Waals surface area contributed by atoms with Crippen LogP contribution in [0.15, 0.2) is 35.9 Å². The third-order valence-electron chi connectivity index (χ3n) is 7.26. The maximum Gasteiger partial charge on any atom is 0.184 e. The highest BCUT2D eigenvalue weighted by Crippen LogP contribution is 2.56. The van der Waals surface area contributed by atoms with Gasteiger partial charge in [-0.3, -0.25) is 4.79 Å². The first kappa shape index (κ1) is 22.5. The fraction of sp³-hybridized carbons (Fsp3) is 0.654. The normalized spacial score (nSPS) is 28.5. The molecule has 2 nitrogen and oxygen atoms in total. The Kier molecular flexibility index (Phi) is 6.32. The third kappa shape index (κ3) is 4.94. The Morgan fingerprint density at radius 1 is 1.28 bits per heavy atom. The summed E-state index contributed by atoms with van der Waals surface area (Å²) >= 11 is 0. The lowest BCUT2D eigenvalue weighted by atomic mass is 9.63. The average Bonchev–Trinajstić information content (AvgIpc) is 2.96. The van der Waals surface area contributed by atoms with Crippen molar-refractivity contribution < 1.29 is 9.22 Å². The highest BCUT2D eigenvalue weighted by Gasteiger charge is 2.51. The molecule has 29 heavy (non-hydrogen) atoms. The van der Waals surface area contributed by atoms with Gasteiger partial charge in [0, 0.05) is 12.3 Å². The van der Waals surface area contributed by atoms with E-state index in [4.69, 9.17) is 4.43 Å². The van der Waals surface area contributed by atoms with Crippen LogP contribution in [-0.4, -0.2) is 14.1 Å². The Morgan fingerprint density at radius 2 is 2.00 bits per heavy atom. The van der Waals surface area contributed by atoms with Crippen molar-refractivity contribution in [3.05, 3.63) is 47.0 Å². The van der Waals surface area contributed by atoms with Gasteiger partial charge in [0.05, 0.1) is 5.60 Å². The fourth-order valence-corrected chi connectivity index (χ4v) is 7.65. The number of carbonyl (C=O) groups excluding carboxylic acids is 1. The van der Waals surface area contributed by atoms with E-state index >= 15 is 0 Å². The lowest BCUT2D eigenvalue weighted by molar-refractivity contribution is -0.129. The van der Waals surface area contributed by atoms with Gasteiger partial charge in [-0.05, 0) is 95.0 Å². The van der Waals surface area contributed by atoms with E-state index in [1.165, 1.54) is 29.5 Å². The quantitative estimate of drug-likeness (QED) is 0.370. The van der Waals surface area contributed by atoms with Crippen LogP contribution < -0.4 is 0 Å². The molecule has 2 fully saturated rings. The van der Waals surface area contributed by atoms with E-state index in [0.29, 0.717) is 17.6 Å². The first-order chi connectivity index (χ1) is 13.4. The van der Waals surface area contributed by atoms with E-state index in [-0.39, 0.29) is 11.0 Å². The van der Waals surface area contributed by atoms with E-state index in [0.717, 1.165) is 25.7 Å². The Balaban J connectivity index is 1.74. The number of carbonyl (C=O) groups is 1. The van der Waals surface area contributed by atoms with Gasteiger partial charge in [0.2, 0.25) is 0 Å². The minimum atomic E-state index is -1.62. The molecule has 1 aromatic rings. The number of fused-ring (bicyclic) bond motifs is 1. The molecule has 3 atom stereocenters. The average molecular weight is 413 g/mol. The minimum Gasteiger partial charge on any atom is -0.409 e. The number of allylic oxidation sites excluding steroid dienone is 2. The maximum atomic E-state index is 12.4.